The van der Waals surface area contributed by atoms with E-state index >= 15 is 0 Å². The van der Waals surface area contributed by atoms with Gasteiger partial charge in [0.15, 0.2) is 0 Å². The third-order valence-corrected chi connectivity index (χ3v) is 1.51. The van der Waals surface area contributed by atoms with E-state index in [1.165, 1.54) is 0 Å². The van der Waals surface area contributed by atoms with Gasteiger partial charge in [-0.3, -0.25) is 14.7 Å². The largest absolute Gasteiger partial charge is 0.294 e. The molecule has 0 aliphatic heterocycles. The number of nitrogens with zero attached hydrogens (tertiary/aromatic N) is 2. The molecule has 0 N–H and O–H groups in total. The monoisotopic (exact) mass is 163 g/mol. The van der Waals surface area contributed by atoms with E-state index in [0.29, 0.717) is 6.54 Å². The van der Waals surface area contributed by atoms with Crippen LogP contribution in [-0.2, 0) is 11.3 Å². The molecule has 0 atom stereocenters. The van der Waals surface area contributed by atoms with Gasteiger partial charge in [0.1, 0.15) is 0 Å². The van der Waals surface area contributed by atoms with Gasteiger partial charge in [-0.1, -0.05) is 6.07 Å². The summed E-state index contributed by atoms with van der Waals surface area (Å²) in [6, 6.07) is 3.86. The molecule has 12 heavy (non-hydrogen) atoms. The van der Waals surface area contributed by atoms with Crippen molar-refractivity contribution in [2.75, 3.05) is 13.6 Å². The molecule has 0 bridgehead atoms. The van der Waals surface area contributed by atoms with E-state index in [9.17, 15) is 4.79 Å². The van der Waals surface area contributed by atoms with E-state index in [1.807, 2.05) is 30.4 Å². The molecule has 1 rings (SSSR count). The average Bonchev–Trinajstić information content (AvgIpc) is 2.06. The summed E-state index contributed by atoms with van der Waals surface area (Å²) < 4.78 is 0. The molecular weight excluding hydrogens is 152 g/mol. The molecule has 0 fully saturated rings. The van der Waals surface area contributed by atoms with E-state index in [4.69, 9.17) is 0 Å². The van der Waals surface area contributed by atoms with Crippen LogP contribution in [0.3, 0.4) is 0 Å². The van der Waals surface area contributed by atoms with Crippen molar-refractivity contribution in [2.45, 2.75) is 6.54 Å². The zero-order chi connectivity index (χ0) is 8.81. The van der Waals surface area contributed by atoms with Gasteiger partial charge in [0.2, 0.25) is 6.29 Å². The maximum absolute atomic E-state index is 10.0. The van der Waals surface area contributed by atoms with Crippen LogP contribution in [0.15, 0.2) is 24.5 Å². The molecule has 3 heteroatoms. The molecule has 3 nitrogen and oxygen atoms in total. The predicted molar refractivity (Wildman–Crippen MR) is 46.3 cm³/mol. The normalized spacial score (nSPS) is 10.2. The lowest BCUT2D eigenvalue weighted by atomic mass is 10.3. The van der Waals surface area contributed by atoms with Gasteiger partial charge in [0, 0.05) is 18.9 Å². The average molecular weight is 163 g/mol. The molecule has 1 radical (unpaired) electrons. The highest BCUT2D eigenvalue weighted by atomic mass is 16.1. The second-order valence-corrected chi connectivity index (χ2v) is 2.68. The standard InChI is InChI=1S/C9H11N2O/c1-11(5-6-12)8-9-3-2-4-10-7-9/h2-4,7H,5,8H2,1H3. The number of rotatable bonds is 4. The minimum absolute atomic E-state index is 0.342. The first kappa shape index (κ1) is 8.87. The van der Waals surface area contributed by atoms with Crippen LogP contribution >= 0.6 is 0 Å². The van der Waals surface area contributed by atoms with Gasteiger partial charge in [0.25, 0.3) is 0 Å². The molecule has 0 aromatic carbocycles. The molecule has 63 valence electrons. The topological polar surface area (TPSA) is 33.2 Å². The quantitative estimate of drug-likeness (QED) is 0.652. The second kappa shape index (κ2) is 4.62. The van der Waals surface area contributed by atoms with Gasteiger partial charge >= 0.3 is 0 Å². The Bertz CT molecular complexity index is 236. The predicted octanol–water partition coefficient (Wildman–Crippen LogP) is 0.623. The highest BCUT2D eigenvalue weighted by Crippen LogP contribution is 1.98. The van der Waals surface area contributed by atoms with Crippen LogP contribution in [-0.4, -0.2) is 29.8 Å². The Balaban J connectivity index is 2.46. The van der Waals surface area contributed by atoms with Gasteiger partial charge in [-0.2, -0.15) is 0 Å². The Morgan fingerprint density at radius 2 is 2.50 bits per heavy atom. The van der Waals surface area contributed by atoms with E-state index < -0.39 is 0 Å². The van der Waals surface area contributed by atoms with Crippen molar-refractivity contribution in [1.29, 1.82) is 0 Å². The van der Waals surface area contributed by atoms with Gasteiger partial charge in [-0.15, -0.1) is 0 Å². The fraction of sp³-hybridized carbons (Fsp3) is 0.333. The van der Waals surface area contributed by atoms with E-state index in [0.717, 1.165) is 12.1 Å². The minimum atomic E-state index is 0.342. The number of hydrogen-bond donors (Lipinski definition) is 0. The molecule has 0 amide bonds. The van der Waals surface area contributed by atoms with Crippen molar-refractivity contribution < 1.29 is 4.79 Å². The lowest BCUT2D eigenvalue weighted by Crippen LogP contribution is -2.19. The smallest absolute Gasteiger partial charge is 0.213 e. The van der Waals surface area contributed by atoms with Gasteiger partial charge in [-0.25, -0.2) is 0 Å². The molecule has 0 aliphatic carbocycles. The first-order valence-electron chi connectivity index (χ1n) is 3.75. The van der Waals surface area contributed by atoms with E-state index in [-0.39, 0.29) is 0 Å². The van der Waals surface area contributed by atoms with Crippen molar-refractivity contribution in [3.63, 3.8) is 0 Å². The highest BCUT2D eigenvalue weighted by Gasteiger charge is 1.98. The summed E-state index contributed by atoms with van der Waals surface area (Å²) in [4.78, 5) is 15.9. The van der Waals surface area contributed by atoms with Crippen molar-refractivity contribution in [3.05, 3.63) is 30.1 Å². The summed E-state index contributed by atoms with van der Waals surface area (Å²) in [5, 5.41) is 0. The van der Waals surface area contributed by atoms with Crippen molar-refractivity contribution in [2.24, 2.45) is 0 Å². The summed E-state index contributed by atoms with van der Waals surface area (Å²) in [6.07, 6.45) is 5.37. The van der Waals surface area contributed by atoms with Crippen LogP contribution in [0.5, 0.6) is 0 Å². The first-order valence-corrected chi connectivity index (χ1v) is 3.75. The molecule has 0 saturated heterocycles. The Hall–Kier alpha value is -1.22. The maximum Gasteiger partial charge on any atom is 0.213 e. The Labute approximate surface area is 72.0 Å². The van der Waals surface area contributed by atoms with E-state index in [1.54, 1.807) is 12.4 Å². The van der Waals surface area contributed by atoms with Crippen molar-refractivity contribution in [3.8, 4) is 0 Å². The number of likely N-dealkylation sites (N-methyl/N-ethyl adjacent to an activating group) is 1. The highest BCUT2D eigenvalue weighted by molar-refractivity contribution is 5.52. The summed E-state index contributed by atoms with van der Waals surface area (Å²) in [5.74, 6) is 0. The molecule has 0 spiro atoms. The Morgan fingerprint density at radius 1 is 1.67 bits per heavy atom. The summed E-state index contributed by atoms with van der Waals surface area (Å²) in [7, 11) is 1.87. The van der Waals surface area contributed by atoms with Crippen molar-refractivity contribution >= 4 is 6.29 Å². The number of pyridine rings is 1. The van der Waals surface area contributed by atoms with Crippen LogP contribution in [0.2, 0.25) is 0 Å². The van der Waals surface area contributed by atoms with Gasteiger partial charge < -0.3 is 0 Å². The summed E-state index contributed by atoms with van der Waals surface area (Å²) in [5.41, 5.74) is 1.11. The Kier molecular flexibility index (Phi) is 3.41. The lowest BCUT2D eigenvalue weighted by molar-refractivity contribution is 0.365. The molecular formula is C9H11N2O. The first-order chi connectivity index (χ1) is 5.83. The Morgan fingerprint density at radius 3 is 3.08 bits per heavy atom. The van der Waals surface area contributed by atoms with Crippen LogP contribution in [0.1, 0.15) is 5.56 Å². The molecule has 1 aromatic heterocycles. The fourth-order valence-electron chi connectivity index (χ4n) is 0.969. The van der Waals surface area contributed by atoms with Crippen LogP contribution < -0.4 is 0 Å². The van der Waals surface area contributed by atoms with Crippen LogP contribution in [0.25, 0.3) is 0 Å². The number of aromatic nitrogens is 1. The van der Waals surface area contributed by atoms with Gasteiger partial charge in [-0.05, 0) is 18.7 Å². The third-order valence-electron chi connectivity index (χ3n) is 1.51. The summed E-state index contributed by atoms with van der Waals surface area (Å²) in [6.45, 7) is 1.08. The number of hydrogen-bond acceptors (Lipinski definition) is 3. The van der Waals surface area contributed by atoms with E-state index in [2.05, 4.69) is 4.98 Å². The lowest BCUT2D eigenvalue weighted by Gasteiger charge is -2.11. The van der Waals surface area contributed by atoms with Gasteiger partial charge in [0.05, 0.1) is 6.54 Å². The zero-order valence-corrected chi connectivity index (χ0v) is 7.03. The molecule has 0 aliphatic rings. The molecule has 1 aromatic rings. The van der Waals surface area contributed by atoms with Crippen LogP contribution in [0, 0.1) is 0 Å². The SMILES string of the molecule is CN(C[C]=O)Cc1cccnc1. The van der Waals surface area contributed by atoms with Crippen molar-refractivity contribution in [1.82, 2.24) is 9.88 Å². The molecule has 0 saturated carbocycles. The molecule has 0 unspecified atom stereocenters. The maximum atomic E-state index is 10.0. The number of carbonyl (C=O) groups excluding carboxylic acids is 1. The van der Waals surface area contributed by atoms with Crippen LogP contribution in [0.4, 0.5) is 0 Å². The zero-order valence-electron chi connectivity index (χ0n) is 7.03. The third kappa shape index (κ3) is 2.80. The summed E-state index contributed by atoms with van der Waals surface area (Å²) >= 11 is 0. The minimum Gasteiger partial charge on any atom is -0.294 e. The molecule has 1 heterocycles. The fourth-order valence-corrected chi connectivity index (χ4v) is 0.969. The second-order valence-electron chi connectivity index (χ2n) is 2.68.